The molecule has 0 bridgehead atoms. The molecule has 14 heavy (non-hydrogen) atoms. The van der Waals surface area contributed by atoms with Crippen molar-refractivity contribution in [3.05, 3.63) is 23.4 Å². The normalized spacial score (nSPS) is 40.5. The van der Waals surface area contributed by atoms with E-state index in [2.05, 4.69) is 22.8 Å². The summed E-state index contributed by atoms with van der Waals surface area (Å²) in [4.78, 5) is 0. The first-order valence-corrected chi connectivity index (χ1v) is 5.75. The smallest absolute Gasteiger partial charge is 0.0557 e. The zero-order chi connectivity index (χ0) is 9.60. The van der Waals surface area contributed by atoms with Crippen molar-refractivity contribution in [2.75, 3.05) is 19.6 Å². The van der Waals surface area contributed by atoms with Gasteiger partial charge in [-0.25, -0.2) is 0 Å². The van der Waals surface area contributed by atoms with Crippen LogP contribution in [0, 0.1) is 5.41 Å². The van der Waals surface area contributed by atoms with Crippen LogP contribution in [0.3, 0.4) is 0 Å². The minimum atomic E-state index is 0.200. The van der Waals surface area contributed by atoms with Crippen LogP contribution >= 0.6 is 11.6 Å². The quantitative estimate of drug-likeness (QED) is 0.591. The van der Waals surface area contributed by atoms with Gasteiger partial charge in [-0.1, -0.05) is 12.2 Å². The van der Waals surface area contributed by atoms with Crippen LogP contribution in [0.1, 0.15) is 12.8 Å². The van der Waals surface area contributed by atoms with Gasteiger partial charge in [0.25, 0.3) is 0 Å². The minimum Gasteiger partial charge on any atom is -0.384 e. The van der Waals surface area contributed by atoms with Crippen molar-refractivity contribution < 1.29 is 0 Å². The Kier molecular flexibility index (Phi) is 1.89. The molecule has 3 rings (SSSR count). The van der Waals surface area contributed by atoms with E-state index in [1.54, 1.807) is 0 Å². The van der Waals surface area contributed by atoms with Crippen LogP contribution < -0.4 is 10.6 Å². The molecule has 76 valence electrons. The first-order chi connectivity index (χ1) is 6.80. The molecule has 0 amide bonds. The average Bonchev–Trinajstić information content (AvgIpc) is 2.77. The predicted molar refractivity (Wildman–Crippen MR) is 58.3 cm³/mol. The van der Waals surface area contributed by atoms with E-state index in [4.69, 9.17) is 11.6 Å². The molecule has 2 fully saturated rings. The van der Waals surface area contributed by atoms with Gasteiger partial charge in [0, 0.05) is 24.2 Å². The van der Waals surface area contributed by atoms with Gasteiger partial charge in [0.2, 0.25) is 0 Å². The van der Waals surface area contributed by atoms with Gasteiger partial charge in [-0.15, -0.1) is 11.6 Å². The Balaban J connectivity index is 1.99. The molecule has 2 unspecified atom stereocenters. The van der Waals surface area contributed by atoms with Gasteiger partial charge >= 0.3 is 0 Å². The van der Waals surface area contributed by atoms with E-state index in [1.165, 1.54) is 17.7 Å². The van der Waals surface area contributed by atoms with Crippen molar-refractivity contribution in [3.8, 4) is 0 Å². The fourth-order valence-corrected chi connectivity index (χ4v) is 3.01. The molecular weight excluding hydrogens is 196 g/mol. The van der Waals surface area contributed by atoms with Crippen LogP contribution in [0.25, 0.3) is 0 Å². The van der Waals surface area contributed by atoms with Crippen molar-refractivity contribution in [1.29, 1.82) is 0 Å². The van der Waals surface area contributed by atoms with E-state index in [1.807, 2.05) is 0 Å². The third kappa shape index (κ3) is 1.14. The topological polar surface area (TPSA) is 24.1 Å². The van der Waals surface area contributed by atoms with Crippen LogP contribution in [0.5, 0.6) is 0 Å². The van der Waals surface area contributed by atoms with Gasteiger partial charge in [0.05, 0.1) is 5.38 Å². The molecule has 3 heteroatoms. The van der Waals surface area contributed by atoms with E-state index < -0.39 is 0 Å². The van der Waals surface area contributed by atoms with Crippen LogP contribution in [0.15, 0.2) is 23.4 Å². The summed E-state index contributed by atoms with van der Waals surface area (Å²) in [5.41, 5.74) is 3.15. The van der Waals surface area contributed by atoms with Crippen molar-refractivity contribution in [3.63, 3.8) is 0 Å². The lowest BCUT2D eigenvalue weighted by Gasteiger charge is -2.24. The molecular formula is C11H15ClN2. The number of rotatable bonds is 0. The Labute approximate surface area is 89.4 Å². The first-order valence-electron chi connectivity index (χ1n) is 5.32. The highest BCUT2D eigenvalue weighted by atomic mass is 35.5. The molecule has 1 spiro atoms. The second-order valence-corrected chi connectivity index (χ2v) is 5.07. The Morgan fingerprint density at radius 2 is 2.36 bits per heavy atom. The number of allylic oxidation sites excluding steroid dienone is 3. The number of nitrogens with one attached hydrogen (secondary N) is 2. The molecule has 0 aromatic heterocycles. The summed E-state index contributed by atoms with van der Waals surface area (Å²) in [5, 5.41) is 7.16. The summed E-state index contributed by atoms with van der Waals surface area (Å²) in [7, 11) is 0. The largest absolute Gasteiger partial charge is 0.384 e. The van der Waals surface area contributed by atoms with Gasteiger partial charge in [0.1, 0.15) is 0 Å². The van der Waals surface area contributed by atoms with Crippen molar-refractivity contribution in [2.45, 2.75) is 18.2 Å². The fraction of sp³-hybridized carbons (Fsp3) is 0.636. The standard InChI is InChI=1S/C11H15ClN2/c12-8-1-2-10-9(5-8)11(7-14-10)3-4-13-6-11/h2,5,8,13-14H,1,3-4,6-7H2. The van der Waals surface area contributed by atoms with Gasteiger partial charge in [-0.05, 0) is 25.0 Å². The second-order valence-electron chi connectivity index (χ2n) is 4.51. The van der Waals surface area contributed by atoms with E-state index in [0.717, 1.165) is 26.1 Å². The maximum Gasteiger partial charge on any atom is 0.0557 e. The molecule has 2 saturated heterocycles. The molecule has 0 saturated carbocycles. The zero-order valence-electron chi connectivity index (χ0n) is 8.15. The van der Waals surface area contributed by atoms with Crippen LogP contribution in [-0.4, -0.2) is 25.0 Å². The Hall–Kier alpha value is -0.470. The lowest BCUT2D eigenvalue weighted by atomic mass is 9.79. The summed E-state index contributed by atoms with van der Waals surface area (Å²) in [6.45, 7) is 3.33. The zero-order valence-corrected chi connectivity index (χ0v) is 8.90. The van der Waals surface area contributed by atoms with Crippen LogP contribution in [0.2, 0.25) is 0 Å². The maximum absolute atomic E-state index is 6.18. The molecule has 0 aromatic rings. The molecule has 2 aliphatic heterocycles. The van der Waals surface area contributed by atoms with E-state index in [0.29, 0.717) is 5.41 Å². The van der Waals surface area contributed by atoms with Gasteiger partial charge in [-0.3, -0.25) is 0 Å². The summed E-state index contributed by atoms with van der Waals surface area (Å²) in [5.74, 6) is 0. The number of hydrogen-bond acceptors (Lipinski definition) is 2. The molecule has 0 radical (unpaired) electrons. The Morgan fingerprint density at radius 3 is 3.14 bits per heavy atom. The minimum absolute atomic E-state index is 0.200. The molecule has 2 atom stereocenters. The van der Waals surface area contributed by atoms with E-state index >= 15 is 0 Å². The maximum atomic E-state index is 6.18. The van der Waals surface area contributed by atoms with Gasteiger partial charge in [0.15, 0.2) is 0 Å². The molecule has 3 aliphatic rings. The third-order valence-electron chi connectivity index (χ3n) is 3.62. The van der Waals surface area contributed by atoms with Crippen molar-refractivity contribution >= 4 is 11.6 Å². The number of alkyl halides is 1. The summed E-state index contributed by atoms with van der Waals surface area (Å²) < 4.78 is 0. The van der Waals surface area contributed by atoms with Crippen molar-refractivity contribution in [2.24, 2.45) is 5.41 Å². The van der Waals surface area contributed by atoms with E-state index in [9.17, 15) is 0 Å². The van der Waals surface area contributed by atoms with Crippen LogP contribution in [0.4, 0.5) is 0 Å². The van der Waals surface area contributed by atoms with Gasteiger partial charge in [-0.2, -0.15) is 0 Å². The molecule has 2 nitrogen and oxygen atoms in total. The Bertz CT molecular complexity index is 313. The molecule has 1 aliphatic carbocycles. The van der Waals surface area contributed by atoms with E-state index in [-0.39, 0.29) is 5.38 Å². The number of hydrogen-bond donors (Lipinski definition) is 2. The van der Waals surface area contributed by atoms with Crippen molar-refractivity contribution in [1.82, 2.24) is 10.6 Å². The second kappa shape index (κ2) is 3.01. The monoisotopic (exact) mass is 210 g/mol. The highest BCUT2D eigenvalue weighted by Crippen LogP contribution is 2.43. The lowest BCUT2D eigenvalue weighted by molar-refractivity contribution is 0.434. The lowest BCUT2D eigenvalue weighted by Crippen LogP contribution is -2.28. The first kappa shape index (κ1) is 8.81. The number of fused-ring (bicyclic) bond motifs is 2. The SMILES string of the molecule is ClC1C=C2C(=CC1)NCC21CCNC1. The number of halogens is 1. The Morgan fingerprint density at radius 1 is 1.43 bits per heavy atom. The highest BCUT2D eigenvalue weighted by molar-refractivity contribution is 6.22. The molecule has 2 heterocycles. The summed E-state index contributed by atoms with van der Waals surface area (Å²) in [6.07, 6.45) is 6.72. The summed E-state index contributed by atoms with van der Waals surface area (Å²) in [6, 6.07) is 0. The predicted octanol–water partition coefficient (Wildman–Crippen LogP) is 1.39. The summed E-state index contributed by atoms with van der Waals surface area (Å²) >= 11 is 6.18. The molecule has 0 aromatic carbocycles. The highest BCUT2D eigenvalue weighted by Gasteiger charge is 2.44. The van der Waals surface area contributed by atoms with Crippen LogP contribution in [-0.2, 0) is 0 Å². The fourth-order valence-electron chi connectivity index (χ4n) is 2.79. The third-order valence-corrected chi connectivity index (χ3v) is 3.92. The average molecular weight is 211 g/mol. The van der Waals surface area contributed by atoms with Gasteiger partial charge < -0.3 is 10.6 Å². The molecule has 2 N–H and O–H groups in total.